The van der Waals surface area contributed by atoms with Crippen molar-refractivity contribution in [3.05, 3.63) is 101 Å². The Bertz CT molecular complexity index is 1170. The van der Waals surface area contributed by atoms with Crippen molar-refractivity contribution < 1.29 is 14.3 Å². The second kappa shape index (κ2) is 9.10. The molecule has 32 heavy (non-hydrogen) atoms. The van der Waals surface area contributed by atoms with Gasteiger partial charge >= 0.3 is 0 Å². The number of carbonyl (C=O) groups is 2. The third-order valence-corrected chi connectivity index (χ3v) is 5.60. The number of hydrogen-bond acceptors (Lipinski definition) is 4. The predicted octanol–water partition coefficient (Wildman–Crippen LogP) is 5.21. The summed E-state index contributed by atoms with van der Waals surface area (Å²) in [6, 6.07) is 24.6. The summed E-state index contributed by atoms with van der Waals surface area (Å²) in [7, 11) is 1.58. The lowest BCUT2D eigenvalue weighted by Gasteiger charge is -2.17. The second-order valence-corrected chi connectivity index (χ2v) is 8.03. The molecule has 0 spiro atoms. The SMILES string of the molecule is COc1ccccc1CN1C(=O)C(Nc2ccc(C(C)C)cc2)=C(c2ccccc2)C1=O. The van der Waals surface area contributed by atoms with Gasteiger partial charge in [-0.25, -0.2) is 0 Å². The fourth-order valence-electron chi connectivity index (χ4n) is 3.81. The number of hydrogen-bond donors (Lipinski definition) is 1. The van der Waals surface area contributed by atoms with Crippen molar-refractivity contribution in [1.29, 1.82) is 0 Å². The summed E-state index contributed by atoms with van der Waals surface area (Å²) in [5.41, 5.74) is 4.10. The van der Waals surface area contributed by atoms with Crippen molar-refractivity contribution >= 4 is 23.1 Å². The number of anilines is 1. The molecule has 2 amide bonds. The Morgan fingerprint density at radius 3 is 2.16 bits per heavy atom. The van der Waals surface area contributed by atoms with E-state index in [-0.39, 0.29) is 24.1 Å². The Morgan fingerprint density at radius 2 is 1.50 bits per heavy atom. The van der Waals surface area contributed by atoms with E-state index in [1.54, 1.807) is 7.11 Å². The first kappa shape index (κ1) is 21.4. The van der Waals surface area contributed by atoms with Crippen LogP contribution in [0.5, 0.6) is 5.75 Å². The normalized spacial score (nSPS) is 13.8. The minimum atomic E-state index is -0.354. The molecule has 1 aliphatic heterocycles. The Hall–Kier alpha value is -3.86. The van der Waals surface area contributed by atoms with Gasteiger partial charge in [-0.3, -0.25) is 14.5 Å². The maximum absolute atomic E-state index is 13.4. The highest BCUT2D eigenvalue weighted by Crippen LogP contribution is 2.33. The summed E-state index contributed by atoms with van der Waals surface area (Å²) < 4.78 is 5.41. The molecule has 4 rings (SSSR count). The van der Waals surface area contributed by atoms with Crippen molar-refractivity contribution in [3.63, 3.8) is 0 Å². The zero-order valence-electron chi connectivity index (χ0n) is 18.5. The van der Waals surface area contributed by atoms with Crippen molar-refractivity contribution in [1.82, 2.24) is 4.90 Å². The Balaban J connectivity index is 1.70. The van der Waals surface area contributed by atoms with Gasteiger partial charge in [0.2, 0.25) is 0 Å². The van der Waals surface area contributed by atoms with E-state index < -0.39 is 0 Å². The third-order valence-electron chi connectivity index (χ3n) is 5.60. The molecule has 0 radical (unpaired) electrons. The molecule has 0 aromatic heterocycles. The van der Waals surface area contributed by atoms with Crippen LogP contribution in [-0.4, -0.2) is 23.8 Å². The fourth-order valence-corrected chi connectivity index (χ4v) is 3.81. The van der Waals surface area contributed by atoms with Crippen molar-refractivity contribution in [3.8, 4) is 5.75 Å². The summed E-state index contributed by atoms with van der Waals surface area (Å²) in [6.07, 6.45) is 0. The topological polar surface area (TPSA) is 58.6 Å². The van der Waals surface area contributed by atoms with Crippen LogP contribution in [0.4, 0.5) is 5.69 Å². The van der Waals surface area contributed by atoms with Crippen molar-refractivity contribution in [2.24, 2.45) is 0 Å². The highest BCUT2D eigenvalue weighted by atomic mass is 16.5. The summed E-state index contributed by atoms with van der Waals surface area (Å²) in [4.78, 5) is 28.1. The van der Waals surface area contributed by atoms with Gasteiger partial charge in [-0.05, 0) is 35.2 Å². The molecule has 0 saturated carbocycles. The number of ether oxygens (including phenoxy) is 1. The maximum atomic E-state index is 13.4. The minimum absolute atomic E-state index is 0.134. The average Bonchev–Trinajstić information content (AvgIpc) is 3.04. The van der Waals surface area contributed by atoms with Gasteiger partial charge in [0, 0.05) is 11.3 Å². The lowest BCUT2D eigenvalue weighted by atomic mass is 10.0. The summed E-state index contributed by atoms with van der Waals surface area (Å²) >= 11 is 0. The number of carbonyl (C=O) groups excluding carboxylic acids is 2. The molecule has 0 aliphatic carbocycles. The van der Waals surface area contributed by atoms with Gasteiger partial charge in [0.1, 0.15) is 11.4 Å². The van der Waals surface area contributed by atoms with Crippen LogP contribution < -0.4 is 10.1 Å². The molecule has 0 fully saturated rings. The second-order valence-electron chi connectivity index (χ2n) is 8.03. The van der Waals surface area contributed by atoms with Crippen LogP contribution in [0.25, 0.3) is 5.57 Å². The molecule has 0 atom stereocenters. The molecule has 3 aromatic carbocycles. The van der Waals surface area contributed by atoms with Gasteiger partial charge in [0.25, 0.3) is 11.8 Å². The zero-order chi connectivity index (χ0) is 22.7. The van der Waals surface area contributed by atoms with E-state index >= 15 is 0 Å². The molecular formula is C27H26N2O3. The standard InChI is InChI=1S/C27H26N2O3/c1-18(2)19-13-15-22(16-14-19)28-25-24(20-9-5-4-6-10-20)26(30)29(27(25)31)17-21-11-7-8-12-23(21)32-3/h4-16,18,28H,17H2,1-3H3. The minimum Gasteiger partial charge on any atom is -0.496 e. The summed E-state index contributed by atoms with van der Waals surface area (Å²) in [6.45, 7) is 4.40. The van der Waals surface area contributed by atoms with Gasteiger partial charge in [-0.1, -0.05) is 74.5 Å². The molecule has 0 unspecified atom stereocenters. The molecule has 3 aromatic rings. The smallest absolute Gasteiger partial charge is 0.278 e. The molecule has 0 bridgehead atoms. The Labute approximate surface area is 188 Å². The number of rotatable bonds is 7. The van der Waals surface area contributed by atoms with Crippen LogP contribution in [0.2, 0.25) is 0 Å². The predicted molar refractivity (Wildman–Crippen MR) is 126 cm³/mol. The monoisotopic (exact) mass is 426 g/mol. The average molecular weight is 427 g/mol. The summed E-state index contributed by atoms with van der Waals surface area (Å²) in [5.74, 6) is 0.371. The number of nitrogens with one attached hydrogen (secondary N) is 1. The van der Waals surface area contributed by atoms with Crippen LogP contribution in [0, 0.1) is 0 Å². The number of amides is 2. The van der Waals surface area contributed by atoms with Gasteiger partial charge in [-0.15, -0.1) is 0 Å². The van der Waals surface area contributed by atoms with Crippen LogP contribution in [0.3, 0.4) is 0 Å². The Morgan fingerprint density at radius 1 is 0.844 bits per heavy atom. The van der Waals surface area contributed by atoms with Gasteiger partial charge < -0.3 is 10.1 Å². The van der Waals surface area contributed by atoms with E-state index in [0.717, 1.165) is 11.3 Å². The van der Waals surface area contributed by atoms with Gasteiger partial charge in [-0.2, -0.15) is 0 Å². The number of imide groups is 1. The van der Waals surface area contributed by atoms with E-state index in [1.165, 1.54) is 10.5 Å². The maximum Gasteiger partial charge on any atom is 0.278 e. The zero-order valence-corrected chi connectivity index (χ0v) is 18.5. The summed E-state index contributed by atoms with van der Waals surface area (Å²) in [5, 5.41) is 3.22. The largest absolute Gasteiger partial charge is 0.496 e. The number of para-hydroxylation sites is 1. The molecule has 5 nitrogen and oxygen atoms in total. The first-order valence-electron chi connectivity index (χ1n) is 10.6. The first-order valence-corrected chi connectivity index (χ1v) is 10.6. The van der Waals surface area contributed by atoms with E-state index in [2.05, 4.69) is 19.2 Å². The molecule has 1 N–H and O–H groups in total. The number of nitrogens with zero attached hydrogens (tertiary/aromatic N) is 1. The highest BCUT2D eigenvalue weighted by molar-refractivity contribution is 6.36. The number of methoxy groups -OCH3 is 1. The first-order chi connectivity index (χ1) is 15.5. The highest BCUT2D eigenvalue weighted by Gasteiger charge is 2.39. The van der Waals surface area contributed by atoms with E-state index in [4.69, 9.17) is 4.74 Å². The van der Waals surface area contributed by atoms with E-state index in [9.17, 15) is 9.59 Å². The molecule has 162 valence electrons. The molecule has 1 aliphatic rings. The lowest BCUT2D eigenvalue weighted by molar-refractivity contribution is -0.137. The van der Waals surface area contributed by atoms with Crippen LogP contribution in [-0.2, 0) is 16.1 Å². The molecular weight excluding hydrogens is 400 g/mol. The van der Waals surface area contributed by atoms with Crippen molar-refractivity contribution in [2.45, 2.75) is 26.3 Å². The van der Waals surface area contributed by atoms with Gasteiger partial charge in [0.15, 0.2) is 0 Å². The molecule has 1 heterocycles. The van der Waals surface area contributed by atoms with E-state index in [0.29, 0.717) is 22.8 Å². The van der Waals surface area contributed by atoms with E-state index in [1.807, 2.05) is 78.9 Å². The fraction of sp³-hybridized carbons (Fsp3) is 0.185. The van der Waals surface area contributed by atoms with Crippen LogP contribution in [0.1, 0.15) is 36.5 Å². The van der Waals surface area contributed by atoms with Crippen molar-refractivity contribution in [2.75, 3.05) is 12.4 Å². The quantitative estimate of drug-likeness (QED) is 0.527. The lowest BCUT2D eigenvalue weighted by Crippen LogP contribution is -2.32. The molecule has 5 heteroatoms. The third kappa shape index (κ3) is 4.14. The Kier molecular flexibility index (Phi) is 6.08. The van der Waals surface area contributed by atoms with Gasteiger partial charge in [0.05, 0.1) is 19.2 Å². The van der Waals surface area contributed by atoms with Crippen LogP contribution in [0.15, 0.2) is 84.6 Å². The van der Waals surface area contributed by atoms with Crippen LogP contribution >= 0.6 is 0 Å². The molecule has 0 saturated heterocycles. The number of benzene rings is 3.